The summed E-state index contributed by atoms with van der Waals surface area (Å²) in [6.45, 7) is 7.21. The lowest BCUT2D eigenvalue weighted by Gasteiger charge is -2.40. The van der Waals surface area contributed by atoms with Crippen LogP contribution in [-0.4, -0.2) is 55.0 Å². The molecule has 1 amide bonds. The van der Waals surface area contributed by atoms with Crippen LogP contribution >= 0.6 is 0 Å². The van der Waals surface area contributed by atoms with E-state index in [4.69, 9.17) is 5.73 Å². The highest BCUT2D eigenvalue weighted by Crippen LogP contribution is 2.25. The monoisotopic (exact) mass is 241 g/mol. The van der Waals surface area contributed by atoms with Crippen LogP contribution in [0.15, 0.2) is 0 Å². The van der Waals surface area contributed by atoms with E-state index in [1.807, 2.05) is 14.0 Å². The maximum absolute atomic E-state index is 11.9. The van der Waals surface area contributed by atoms with Crippen LogP contribution in [0.4, 0.5) is 0 Å². The number of nitrogens with zero attached hydrogens (tertiary/aromatic N) is 2. The highest BCUT2D eigenvalue weighted by atomic mass is 16.2. The van der Waals surface area contributed by atoms with Gasteiger partial charge in [-0.1, -0.05) is 13.3 Å². The van der Waals surface area contributed by atoms with E-state index in [1.165, 1.54) is 12.8 Å². The summed E-state index contributed by atoms with van der Waals surface area (Å²) in [4.78, 5) is 16.0. The highest BCUT2D eigenvalue weighted by molar-refractivity contribution is 5.78. The molecular formula is C13H27N3O. The third-order valence-corrected chi connectivity index (χ3v) is 4.04. The average Bonchev–Trinajstić information content (AvgIpc) is 2.37. The normalized spacial score (nSPS) is 25.9. The number of rotatable bonds is 5. The van der Waals surface area contributed by atoms with Crippen LogP contribution in [0.5, 0.6) is 0 Å². The number of piperidine rings is 1. The predicted octanol–water partition coefficient (Wildman–Crippen LogP) is 0.914. The lowest BCUT2D eigenvalue weighted by atomic mass is 9.87. The molecule has 0 aromatic carbocycles. The molecule has 0 aliphatic carbocycles. The largest absolute Gasteiger partial charge is 0.345 e. The number of carbonyl (C=O) groups is 1. The molecule has 0 radical (unpaired) electrons. The molecule has 17 heavy (non-hydrogen) atoms. The molecule has 1 aliphatic rings. The van der Waals surface area contributed by atoms with Gasteiger partial charge in [-0.3, -0.25) is 9.69 Å². The molecule has 1 rings (SSSR count). The van der Waals surface area contributed by atoms with Crippen LogP contribution in [0, 0.1) is 5.92 Å². The van der Waals surface area contributed by atoms with Crippen LogP contribution in [-0.2, 0) is 4.79 Å². The lowest BCUT2D eigenvalue weighted by Crippen LogP contribution is -2.52. The minimum atomic E-state index is 0.211. The number of carbonyl (C=O) groups excluding carboxylic acids is 1. The van der Waals surface area contributed by atoms with Crippen molar-refractivity contribution >= 4 is 5.91 Å². The van der Waals surface area contributed by atoms with Crippen molar-refractivity contribution < 1.29 is 4.79 Å². The highest BCUT2D eigenvalue weighted by Gasteiger charge is 2.30. The van der Waals surface area contributed by atoms with Gasteiger partial charge in [-0.05, 0) is 32.2 Å². The van der Waals surface area contributed by atoms with Gasteiger partial charge in [-0.25, -0.2) is 0 Å². The van der Waals surface area contributed by atoms with Crippen molar-refractivity contribution in [2.45, 2.75) is 39.2 Å². The van der Waals surface area contributed by atoms with Gasteiger partial charge in [0.05, 0.1) is 6.54 Å². The second-order valence-corrected chi connectivity index (χ2v) is 4.99. The summed E-state index contributed by atoms with van der Waals surface area (Å²) in [5.41, 5.74) is 5.88. The van der Waals surface area contributed by atoms with Gasteiger partial charge in [0, 0.05) is 26.2 Å². The molecule has 2 unspecified atom stereocenters. The Hall–Kier alpha value is -0.610. The number of hydrogen-bond donors (Lipinski definition) is 1. The number of likely N-dealkylation sites (N-methyl/N-ethyl adjacent to an activating group) is 1. The molecule has 1 saturated heterocycles. The SMILES string of the molecule is CCC1CCCN(CC(=O)N(C)CC)C1CN. The third-order valence-electron chi connectivity index (χ3n) is 4.04. The van der Waals surface area contributed by atoms with Gasteiger partial charge in [0.15, 0.2) is 0 Å². The zero-order valence-electron chi connectivity index (χ0n) is 11.5. The third kappa shape index (κ3) is 3.68. The van der Waals surface area contributed by atoms with E-state index in [0.717, 1.165) is 19.5 Å². The van der Waals surface area contributed by atoms with Crippen molar-refractivity contribution in [1.82, 2.24) is 9.80 Å². The topological polar surface area (TPSA) is 49.6 Å². The summed E-state index contributed by atoms with van der Waals surface area (Å²) >= 11 is 0. The second kappa shape index (κ2) is 6.97. The van der Waals surface area contributed by atoms with Crippen molar-refractivity contribution in [3.63, 3.8) is 0 Å². The standard InChI is InChI=1S/C13H27N3O/c1-4-11-7-6-8-16(12(11)9-14)10-13(17)15(3)5-2/h11-12H,4-10,14H2,1-3H3. The first-order valence-electron chi connectivity index (χ1n) is 6.82. The molecule has 0 spiro atoms. The molecule has 2 N–H and O–H groups in total. The molecule has 1 fully saturated rings. The molecule has 4 heteroatoms. The average molecular weight is 241 g/mol. The second-order valence-electron chi connectivity index (χ2n) is 4.99. The molecule has 4 nitrogen and oxygen atoms in total. The summed E-state index contributed by atoms with van der Waals surface area (Å²) in [7, 11) is 1.86. The fourth-order valence-corrected chi connectivity index (χ4v) is 2.70. The van der Waals surface area contributed by atoms with E-state index < -0.39 is 0 Å². The fourth-order valence-electron chi connectivity index (χ4n) is 2.70. The summed E-state index contributed by atoms with van der Waals surface area (Å²) in [5.74, 6) is 0.871. The molecule has 0 aromatic rings. The molecule has 1 heterocycles. The molecule has 1 aliphatic heterocycles. The predicted molar refractivity (Wildman–Crippen MR) is 70.7 cm³/mol. The fraction of sp³-hybridized carbons (Fsp3) is 0.923. The first kappa shape index (κ1) is 14.5. The Morgan fingerprint density at radius 2 is 2.18 bits per heavy atom. The molecular weight excluding hydrogens is 214 g/mol. The minimum absolute atomic E-state index is 0.211. The van der Waals surface area contributed by atoms with Crippen LogP contribution in [0.1, 0.15) is 33.1 Å². The van der Waals surface area contributed by atoms with Gasteiger partial charge in [-0.15, -0.1) is 0 Å². The Bertz CT molecular complexity index is 245. The maximum Gasteiger partial charge on any atom is 0.236 e. The van der Waals surface area contributed by atoms with Crippen LogP contribution in [0.3, 0.4) is 0 Å². The molecule has 0 saturated carbocycles. The first-order chi connectivity index (χ1) is 8.13. The Morgan fingerprint density at radius 1 is 1.47 bits per heavy atom. The van der Waals surface area contributed by atoms with Crippen molar-refractivity contribution in [3.05, 3.63) is 0 Å². The van der Waals surface area contributed by atoms with Gasteiger partial charge in [0.2, 0.25) is 5.91 Å². The Labute approximate surface area is 105 Å². The van der Waals surface area contributed by atoms with E-state index >= 15 is 0 Å². The van der Waals surface area contributed by atoms with Crippen molar-refractivity contribution in [2.24, 2.45) is 11.7 Å². The minimum Gasteiger partial charge on any atom is -0.345 e. The number of likely N-dealkylation sites (tertiary alicyclic amines) is 1. The number of hydrogen-bond acceptors (Lipinski definition) is 3. The summed E-state index contributed by atoms with van der Waals surface area (Å²) in [6, 6.07) is 0.392. The van der Waals surface area contributed by atoms with Gasteiger partial charge >= 0.3 is 0 Å². The first-order valence-corrected chi connectivity index (χ1v) is 6.82. The van der Waals surface area contributed by atoms with Crippen LogP contribution in [0.25, 0.3) is 0 Å². The van der Waals surface area contributed by atoms with Gasteiger partial charge in [-0.2, -0.15) is 0 Å². The smallest absolute Gasteiger partial charge is 0.236 e. The van der Waals surface area contributed by atoms with Crippen molar-refractivity contribution in [1.29, 1.82) is 0 Å². The molecule has 0 bridgehead atoms. The van der Waals surface area contributed by atoms with Crippen molar-refractivity contribution in [2.75, 3.05) is 33.2 Å². The molecule has 2 atom stereocenters. The molecule has 0 aromatic heterocycles. The van der Waals surface area contributed by atoms with E-state index in [2.05, 4.69) is 11.8 Å². The van der Waals surface area contributed by atoms with Crippen LogP contribution < -0.4 is 5.73 Å². The van der Waals surface area contributed by atoms with Gasteiger partial charge in [0.1, 0.15) is 0 Å². The maximum atomic E-state index is 11.9. The number of nitrogens with two attached hydrogens (primary N) is 1. The van der Waals surface area contributed by atoms with E-state index in [-0.39, 0.29) is 5.91 Å². The van der Waals surface area contributed by atoms with Gasteiger partial charge < -0.3 is 10.6 Å². The number of amides is 1. The Morgan fingerprint density at radius 3 is 2.71 bits per heavy atom. The quantitative estimate of drug-likeness (QED) is 0.778. The summed E-state index contributed by atoms with van der Waals surface area (Å²) in [6.07, 6.45) is 3.61. The Balaban J connectivity index is 2.58. The molecule has 100 valence electrons. The van der Waals surface area contributed by atoms with Crippen molar-refractivity contribution in [3.8, 4) is 0 Å². The van der Waals surface area contributed by atoms with Crippen LogP contribution in [0.2, 0.25) is 0 Å². The Kier molecular flexibility index (Phi) is 5.92. The summed E-state index contributed by atoms with van der Waals surface area (Å²) < 4.78 is 0. The van der Waals surface area contributed by atoms with E-state index in [9.17, 15) is 4.79 Å². The zero-order valence-corrected chi connectivity index (χ0v) is 11.5. The van der Waals surface area contributed by atoms with E-state index in [1.54, 1.807) is 4.90 Å². The van der Waals surface area contributed by atoms with Gasteiger partial charge in [0.25, 0.3) is 0 Å². The lowest BCUT2D eigenvalue weighted by molar-refractivity contribution is -0.132. The van der Waals surface area contributed by atoms with E-state index in [0.29, 0.717) is 25.0 Å². The summed E-state index contributed by atoms with van der Waals surface area (Å²) in [5, 5.41) is 0. The zero-order chi connectivity index (χ0) is 12.8.